The maximum atomic E-state index is 9.51. The molecular formula is C15H13N3O3. The highest BCUT2D eigenvalue weighted by molar-refractivity contribution is 5.68. The third kappa shape index (κ3) is 2.27. The molecule has 0 fully saturated rings. The quantitative estimate of drug-likeness (QED) is 0.493. The zero-order valence-electron chi connectivity index (χ0n) is 11.2. The predicted molar refractivity (Wildman–Crippen MR) is 77.6 cm³/mol. The van der Waals surface area contributed by atoms with Crippen molar-refractivity contribution in [2.75, 3.05) is 5.73 Å². The fourth-order valence-electron chi connectivity index (χ4n) is 2.00. The molecule has 0 aliphatic rings. The van der Waals surface area contributed by atoms with E-state index in [-0.39, 0.29) is 11.5 Å². The van der Waals surface area contributed by atoms with E-state index in [4.69, 9.17) is 10.3 Å². The summed E-state index contributed by atoms with van der Waals surface area (Å²) in [6.07, 6.45) is 0. The second kappa shape index (κ2) is 4.82. The van der Waals surface area contributed by atoms with E-state index in [0.717, 1.165) is 11.1 Å². The van der Waals surface area contributed by atoms with Crippen molar-refractivity contribution < 1.29 is 14.7 Å². The van der Waals surface area contributed by atoms with Gasteiger partial charge in [-0.3, -0.25) is 0 Å². The van der Waals surface area contributed by atoms with Crippen LogP contribution in [0.15, 0.2) is 40.9 Å². The van der Waals surface area contributed by atoms with E-state index in [0.29, 0.717) is 23.0 Å². The third-order valence-electron chi connectivity index (χ3n) is 3.27. The average Bonchev–Trinajstić information content (AvgIpc) is 2.94. The molecule has 0 aliphatic carbocycles. The van der Waals surface area contributed by atoms with Crippen molar-refractivity contribution in [3.63, 3.8) is 0 Å². The van der Waals surface area contributed by atoms with Crippen molar-refractivity contribution in [3.8, 4) is 34.3 Å². The van der Waals surface area contributed by atoms with Gasteiger partial charge in [-0.1, -0.05) is 11.2 Å². The normalized spacial score (nSPS) is 10.7. The largest absolute Gasteiger partial charge is 0.504 e. The minimum Gasteiger partial charge on any atom is -0.504 e. The Morgan fingerprint density at radius 1 is 1.10 bits per heavy atom. The van der Waals surface area contributed by atoms with Crippen LogP contribution in [-0.2, 0) is 0 Å². The summed E-state index contributed by atoms with van der Waals surface area (Å²) in [6, 6.07) is 9.79. The van der Waals surface area contributed by atoms with E-state index < -0.39 is 0 Å². The van der Waals surface area contributed by atoms with Gasteiger partial charge in [0.15, 0.2) is 11.5 Å². The van der Waals surface area contributed by atoms with E-state index in [1.54, 1.807) is 12.1 Å². The van der Waals surface area contributed by atoms with Crippen molar-refractivity contribution in [2.45, 2.75) is 6.92 Å². The highest BCUT2D eigenvalue weighted by atomic mass is 16.5. The van der Waals surface area contributed by atoms with Crippen molar-refractivity contribution in [2.24, 2.45) is 0 Å². The summed E-state index contributed by atoms with van der Waals surface area (Å²) in [5.41, 5.74) is 8.68. The minimum atomic E-state index is -0.237. The van der Waals surface area contributed by atoms with Crippen molar-refractivity contribution in [3.05, 3.63) is 42.0 Å². The predicted octanol–water partition coefficient (Wildman–Crippen LogP) is 2.71. The summed E-state index contributed by atoms with van der Waals surface area (Å²) in [5, 5.41) is 22.7. The van der Waals surface area contributed by atoms with Crippen LogP contribution in [0.3, 0.4) is 0 Å². The molecule has 6 heteroatoms. The highest BCUT2D eigenvalue weighted by Gasteiger charge is 2.14. The number of nitrogens with zero attached hydrogens (tertiary/aromatic N) is 2. The van der Waals surface area contributed by atoms with Crippen LogP contribution in [0.1, 0.15) is 5.56 Å². The van der Waals surface area contributed by atoms with Gasteiger partial charge in [-0.2, -0.15) is 4.98 Å². The van der Waals surface area contributed by atoms with Gasteiger partial charge < -0.3 is 20.5 Å². The Hall–Kier alpha value is -3.02. The molecule has 3 aromatic rings. The summed E-state index contributed by atoms with van der Waals surface area (Å²) in [6.45, 7) is 1.88. The van der Waals surface area contributed by atoms with Gasteiger partial charge in [-0.15, -0.1) is 0 Å². The molecule has 0 saturated carbocycles. The number of aromatic hydroxyl groups is 2. The van der Waals surface area contributed by atoms with Crippen molar-refractivity contribution in [1.82, 2.24) is 10.1 Å². The number of hydrogen-bond acceptors (Lipinski definition) is 6. The third-order valence-corrected chi connectivity index (χ3v) is 3.27. The van der Waals surface area contributed by atoms with Crippen LogP contribution in [0.25, 0.3) is 22.8 Å². The molecule has 3 rings (SSSR count). The number of nitrogens with two attached hydrogens (primary N) is 1. The molecule has 0 radical (unpaired) electrons. The zero-order valence-corrected chi connectivity index (χ0v) is 11.2. The van der Waals surface area contributed by atoms with Crippen molar-refractivity contribution in [1.29, 1.82) is 0 Å². The van der Waals surface area contributed by atoms with Crippen molar-refractivity contribution >= 4 is 5.69 Å². The Kier molecular flexibility index (Phi) is 2.98. The number of rotatable bonds is 2. The van der Waals surface area contributed by atoms with Crippen LogP contribution >= 0.6 is 0 Å². The molecule has 106 valence electrons. The zero-order chi connectivity index (χ0) is 15.0. The van der Waals surface area contributed by atoms with Gasteiger partial charge in [0.1, 0.15) is 0 Å². The van der Waals surface area contributed by atoms with Crippen LogP contribution in [0.2, 0.25) is 0 Å². The Morgan fingerprint density at radius 2 is 1.90 bits per heavy atom. The summed E-state index contributed by atoms with van der Waals surface area (Å²) in [7, 11) is 0. The summed E-state index contributed by atoms with van der Waals surface area (Å²) in [5.74, 6) is 0.234. The Morgan fingerprint density at radius 3 is 2.67 bits per heavy atom. The lowest BCUT2D eigenvalue weighted by atomic mass is 10.1. The van der Waals surface area contributed by atoms with Crippen LogP contribution in [0.5, 0.6) is 11.5 Å². The topological polar surface area (TPSA) is 105 Å². The minimum absolute atomic E-state index is 0.200. The molecule has 0 bridgehead atoms. The van der Waals surface area contributed by atoms with Crippen LogP contribution in [0.4, 0.5) is 5.69 Å². The monoisotopic (exact) mass is 283 g/mol. The van der Waals surface area contributed by atoms with E-state index in [1.165, 1.54) is 12.1 Å². The number of aromatic nitrogens is 2. The number of hydrogen-bond donors (Lipinski definition) is 3. The smallest absolute Gasteiger partial charge is 0.258 e. The van der Waals surface area contributed by atoms with Crippen LogP contribution < -0.4 is 5.73 Å². The van der Waals surface area contributed by atoms with E-state index >= 15 is 0 Å². The molecule has 1 heterocycles. The highest BCUT2D eigenvalue weighted by Crippen LogP contribution is 2.31. The molecule has 2 aromatic carbocycles. The number of phenols is 2. The van der Waals surface area contributed by atoms with Gasteiger partial charge in [0.05, 0.1) is 0 Å². The lowest BCUT2D eigenvalue weighted by Crippen LogP contribution is -1.92. The van der Waals surface area contributed by atoms with Gasteiger partial charge in [0.2, 0.25) is 5.82 Å². The fraction of sp³-hybridized carbons (Fsp3) is 0.0667. The van der Waals surface area contributed by atoms with Gasteiger partial charge in [0, 0.05) is 16.8 Å². The number of benzene rings is 2. The SMILES string of the molecule is Cc1c(N)cccc1-c1nc(-c2ccc(O)c(O)c2)no1. The first kappa shape index (κ1) is 13.0. The van der Waals surface area contributed by atoms with Gasteiger partial charge >= 0.3 is 0 Å². The summed E-state index contributed by atoms with van der Waals surface area (Å²) < 4.78 is 5.25. The second-order valence-electron chi connectivity index (χ2n) is 4.65. The molecule has 21 heavy (non-hydrogen) atoms. The number of phenolic OH excluding ortho intramolecular Hbond substituents is 2. The standard InChI is InChI=1S/C15H13N3O3/c1-8-10(3-2-4-11(8)16)15-17-14(18-21-15)9-5-6-12(19)13(20)7-9/h2-7,19-20H,16H2,1H3. The van der Waals surface area contributed by atoms with Crippen LogP contribution in [-0.4, -0.2) is 20.4 Å². The molecule has 0 saturated heterocycles. The molecule has 4 N–H and O–H groups in total. The van der Waals surface area contributed by atoms with Gasteiger partial charge in [-0.05, 0) is 42.8 Å². The Labute approximate surface area is 120 Å². The molecule has 0 atom stereocenters. The van der Waals surface area contributed by atoms with Crippen LogP contribution in [0, 0.1) is 6.92 Å². The molecular weight excluding hydrogens is 270 g/mol. The first-order valence-electron chi connectivity index (χ1n) is 6.28. The lowest BCUT2D eigenvalue weighted by molar-refractivity contribution is 0.404. The second-order valence-corrected chi connectivity index (χ2v) is 4.65. The molecule has 0 amide bonds. The average molecular weight is 283 g/mol. The lowest BCUT2D eigenvalue weighted by Gasteiger charge is -2.03. The van der Waals surface area contributed by atoms with E-state index in [2.05, 4.69) is 10.1 Å². The summed E-state index contributed by atoms with van der Waals surface area (Å²) >= 11 is 0. The summed E-state index contributed by atoms with van der Waals surface area (Å²) in [4.78, 5) is 4.30. The fourth-order valence-corrected chi connectivity index (χ4v) is 2.00. The molecule has 1 aromatic heterocycles. The Balaban J connectivity index is 2.03. The first-order chi connectivity index (χ1) is 10.1. The maximum absolute atomic E-state index is 9.51. The molecule has 0 spiro atoms. The first-order valence-corrected chi connectivity index (χ1v) is 6.28. The van der Waals surface area contributed by atoms with Gasteiger partial charge in [-0.25, -0.2) is 0 Å². The Bertz CT molecular complexity index is 812. The van der Waals surface area contributed by atoms with E-state index in [1.807, 2.05) is 19.1 Å². The molecule has 0 aliphatic heterocycles. The van der Waals surface area contributed by atoms with E-state index in [9.17, 15) is 10.2 Å². The van der Waals surface area contributed by atoms with Gasteiger partial charge in [0.25, 0.3) is 5.89 Å². The maximum Gasteiger partial charge on any atom is 0.258 e. The number of nitrogen functional groups attached to an aromatic ring is 1. The molecule has 6 nitrogen and oxygen atoms in total. The molecule has 0 unspecified atom stereocenters. The number of anilines is 1.